The summed E-state index contributed by atoms with van der Waals surface area (Å²) >= 11 is 0. The highest BCUT2D eigenvalue weighted by Crippen LogP contribution is 2.09. The van der Waals surface area contributed by atoms with Crippen molar-refractivity contribution in [1.82, 2.24) is 15.2 Å². The van der Waals surface area contributed by atoms with E-state index in [0.29, 0.717) is 6.54 Å². The van der Waals surface area contributed by atoms with E-state index in [0.717, 1.165) is 22.8 Å². The normalized spacial score (nSPS) is 14.9. The van der Waals surface area contributed by atoms with Crippen molar-refractivity contribution >= 4 is 12.1 Å². The molecule has 0 spiro atoms. The predicted octanol–water partition coefficient (Wildman–Crippen LogP) is 2.48. The summed E-state index contributed by atoms with van der Waals surface area (Å²) in [5.41, 5.74) is 0. The number of nitroso groups, excluding NO2 is 1. The zero-order valence-corrected chi connectivity index (χ0v) is 11.4. The number of amides is 4. The number of imide groups is 1. The Morgan fingerprint density at radius 3 is 2.53 bits per heavy atom. The van der Waals surface area contributed by atoms with Gasteiger partial charge in [0.15, 0.2) is 0 Å². The molecule has 108 valence electrons. The Kier molecular flexibility index (Phi) is 6.84. The van der Waals surface area contributed by atoms with Crippen LogP contribution in [0, 0.1) is 4.91 Å². The van der Waals surface area contributed by atoms with Crippen LogP contribution in [0.3, 0.4) is 0 Å². The standard InChI is InChI=1S/C12H22N4O3/c1-2-3-4-5-6-7-8-13-11(17)15-9-10-16(14-19)12(15)18/h2-10H2,1H3,(H,13,17). The van der Waals surface area contributed by atoms with Crippen molar-refractivity contribution in [3.8, 4) is 0 Å². The summed E-state index contributed by atoms with van der Waals surface area (Å²) in [4.78, 5) is 34.4. The number of unbranched alkanes of at least 4 members (excludes halogenated alkanes) is 5. The SMILES string of the molecule is CCCCCCCCNC(=O)N1CCN(N=O)C1=O. The van der Waals surface area contributed by atoms with Gasteiger partial charge in [-0.1, -0.05) is 39.0 Å². The maximum atomic E-state index is 11.7. The molecule has 7 heteroatoms. The molecule has 7 nitrogen and oxygen atoms in total. The van der Waals surface area contributed by atoms with E-state index in [1.54, 1.807) is 0 Å². The fourth-order valence-electron chi connectivity index (χ4n) is 1.99. The van der Waals surface area contributed by atoms with Crippen LogP contribution in [-0.2, 0) is 0 Å². The quantitative estimate of drug-likeness (QED) is 0.543. The minimum Gasteiger partial charge on any atom is -0.338 e. The third kappa shape index (κ3) is 4.84. The molecule has 0 aliphatic carbocycles. The van der Waals surface area contributed by atoms with Crippen molar-refractivity contribution in [3.05, 3.63) is 4.91 Å². The molecule has 1 rings (SSSR count). The average molecular weight is 270 g/mol. The molecule has 0 unspecified atom stereocenters. The van der Waals surface area contributed by atoms with Gasteiger partial charge in [-0.25, -0.2) is 14.5 Å². The number of rotatable bonds is 8. The lowest BCUT2D eigenvalue weighted by Crippen LogP contribution is -2.42. The molecular formula is C12H22N4O3. The molecule has 19 heavy (non-hydrogen) atoms. The van der Waals surface area contributed by atoms with Crippen LogP contribution in [0.4, 0.5) is 9.59 Å². The predicted molar refractivity (Wildman–Crippen MR) is 71.4 cm³/mol. The van der Waals surface area contributed by atoms with Gasteiger partial charge in [-0.15, -0.1) is 4.91 Å². The number of carbonyl (C=O) groups excluding carboxylic acids is 2. The third-order valence-electron chi connectivity index (χ3n) is 3.14. The minimum absolute atomic E-state index is 0.173. The highest BCUT2D eigenvalue weighted by Gasteiger charge is 2.33. The molecular weight excluding hydrogens is 248 g/mol. The lowest BCUT2D eigenvalue weighted by atomic mass is 10.1. The fraction of sp³-hybridized carbons (Fsp3) is 0.833. The van der Waals surface area contributed by atoms with Crippen molar-refractivity contribution in [1.29, 1.82) is 0 Å². The van der Waals surface area contributed by atoms with Gasteiger partial charge in [0.2, 0.25) is 0 Å². The molecule has 0 aromatic heterocycles. The zero-order valence-electron chi connectivity index (χ0n) is 11.4. The first-order valence-electron chi connectivity index (χ1n) is 6.90. The first kappa shape index (κ1) is 15.4. The van der Waals surface area contributed by atoms with Gasteiger partial charge in [0.05, 0.1) is 18.4 Å². The Labute approximate surface area is 113 Å². The lowest BCUT2D eigenvalue weighted by Gasteiger charge is -2.13. The summed E-state index contributed by atoms with van der Waals surface area (Å²) in [6.07, 6.45) is 6.87. The number of urea groups is 2. The van der Waals surface area contributed by atoms with Crippen molar-refractivity contribution in [2.45, 2.75) is 45.4 Å². The van der Waals surface area contributed by atoms with Gasteiger partial charge in [0, 0.05) is 6.54 Å². The second-order valence-electron chi connectivity index (χ2n) is 4.64. The van der Waals surface area contributed by atoms with Crippen LogP contribution in [0.2, 0.25) is 0 Å². The Hall–Kier alpha value is -1.66. The molecule has 0 bridgehead atoms. The molecule has 0 aromatic rings. The van der Waals surface area contributed by atoms with Crippen molar-refractivity contribution < 1.29 is 9.59 Å². The maximum absolute atomic E-state index is 11.7. The summed E-state index contributed by atoms with van der Waals surface area (Å²) < 4.78 is 0. The number of hydrogen-bond acceptors (Lipinski definition) is 4. The van der Waals surface area contributed by atoms with Gasteiger partial charge in [-0.05, 0) is 6.42 Å². The van der Waals surface area contributed by atoms with Crippen LogP contribution < -0.4 is 5.32 Å². The highest BCUT2D eigenvalue weighted by molar-refractivity contribution is 5.94. The van der Waals surface area contributed by atoms with Crippen LogP contribution in [0.5, 0.6) is 0 Å². The monoisotopic (exact) mass is 270 g/mol. The van der Waals surface area contributed by atoms with E-state index in [2.05, 4.69) is 17.5 Å². The van der Waals surface area contributed by atoms with E-state index in [9.17, 15) is 14.5 Å². The van der Waals surface area contributed by atoms with Crippen LogP contribution >= 0.6 is 0 Å². The number of carbonyl (C=O) groups is 2. The second kappa shape index (κ2) is 8.44. The van der Waals surface area contributed by atoms with Gasteiger partial charge >= 0.3 is 12.1 Å². The molecule has 0 atom stereocenters. The molecule has 0 saturated carbocycles. The number of hydrogen-bond donors (Lipinski definition) is 1. The summed E-state index contributed by atoms with van der Waals surface area (Å²) in [6, 6.07) is -1.08. The molecule has 1 fully saturated rings. The summed E-state index contributed by atoms with van der Waals surface area (Å²) in [6.45, 7) is 3.12. The largest absolute Gasteiger partial charge is 0.351 e. The second-order valence-corrected chi connectivity index (χ2v) is 4.64. The van der Waals surface area contributed by atoms with Gasteiger partial charge < -0.3 is 5.32 Å². The average Bonchev–Trinajstić information content (AvgIpc) is 2.78. The minimum atomic E-state index is -0.643. The van der Waals surface area contributed by atoms with E-state index in [1.165, 1.54) is 25.7 Å². The molecule has 1 N–H and O–H groups in total. The Balaban J connectivity index is 2.11. The van der Waals surface area contributed by atoms with E-state index >= 15 is 0 Å². The van der Waals surface area contributed by atoms with Gasteiger partial charge in [-0.2, -0.15) is 5.01 Å². The summed E-state index contributed by atoms with van der Waals surface area (Å²) in [7, 11) is 0. The smallest absolute Gasteiger partial charge is 0.338 e. The molecule has 4 amide bonds. The molecule has 1 heterocycles. The molecule has 0 aromatic carbocycles. The van der Waals surface area contributed by atoms with E-state index in [1.807, 2.05) is 0 Å². The first-order valence-corrected chi connectivity index (χ1v) is 6.90. The highest BCUT2D eigenvalue weighted by atomic mass is 16.3. The topological polar surface area (TPSA) is 82.1 Å². The van der Waals surface area contributed by atoms with E-state index < -0.39 is 12.1 Å². The molecule has 1 aliphatic heterocycles. The number of nitrogens with zero attached hydrogens (tertiary/aromatic N) is 3. The van der Waals surface area contributed by atoms with E-state index in [4.69, 9.17) is 0 Å². The fourth-order valence-corrected chi connectivity index (χ4v) is 1.99. The van der Waals surface area contributed by atoms with E-state index in [-0.39, 0.29) is 13.1 Å². The molecule has 1 saturated heterocycles. The van der Waals surface area contributed by atoms with Gasteiger partial charge in [-0.3, -0.25) is 0 Å². The Bertz CT molecular complexity index is 322. The maximum Gasteiger partial charge on any atom is 0.351 e. The molecule has 0 radical (unpaired) electrons. The Morgan fingerprint density at radius 2 is 1.89 bits per heavy atom. The van der Waals surface area contributed by atoms with Crippen LogP contribution in [0.15, 0.2) is 5.29 Å². The van der Waals surface area contributed by atoms with Crippen molar-refractivity contribution in [2.24, 2.45) is 5.29 Å². The zero-order chi connectivity index (χ0) is 14.1. The summed E-state index contributed by atoms with van der Waals surface area (Å²) in [5.74, 6) is 0. The van der Waals surface area contributed by atoms with Gasteiger partial charge in [0.25, 0.3) is 0 Å². The molecule has 1 aliphatic rings. The first-order chi connectivity index (χ1) is 9.20. The summed E-state index contributed by atoms with van der Waals surface area (Å²) in [5, 5.41) is 5.99. The van der Waals surface area contributed by atoms with Gasteiger partial charge in [0.1, 0.15) is 0 Å². The van der Waals surface area contributed by atoms with Crippen molar-refractivity contribution in [2.75, 3.05) is 19.6 Å². The van der Waals surface area contributed by atoms with Crippen LogP contribution in [0.1, 0.15) is 45.4 Å². The van der Waals surface area contributed by atoms with Crippen LogP contribution in [0.25, 0.3) is 0 Å². The lowest BCUT2D eigenvalue weighted by molar-refractivity contribution is 0.185. The third-order valence-corrected chi connectivity index (χ3v) is 3.14. The Morgan fingerprint density at radius 1 is 1.21 bits per heavy atom. The number of nitrogens with one attached hydrogen (secondary N) is 1. The van der Waals surface area contributed by atoms with Crippen LogP contribution in [-0.4, -0.2) is 41.6 Å². The van der Waals surface area contributed by atoms with Crippen molar-refractivity contribution in [3.63, 3.8) is 0 Å².